The average Bonchev–Trinajstić information content (AvgIpc) is 2.63. The van der Waals surface area contributed by atoms with Crippen molar-refractivity contribution in [2.24, 2.45) is 5.73 Å². The molecule has 3 rings (SSSR count). The minimum atomic E-state index is -0.260. The number of hydrogen-bond acceptors (Lipinski definition) is 1. The highest BCUT2D eigenvalue weighted by Crippen LogP contribution is 2.46. The predicted octanol–water partition coefficient (Wildman–Crippen LogP) is 3.43. The molecule has 3 heteroatoms. The number of fused-ring (bicyclic) bond motifs is 3. The van der Waals surface area contributed by atoms with Crippen LogP contribution in [0.4, 0.5) is 8.78 Å². The van der Waals surface area contributed by atoms with Gasteiger partial charge in [0.25, 0.3) is 0 Å². The summed E-state index contributed by atoms with van der Waals surface area (Å²) in [7, 11) is 0. The summed E-state index contributed by atoms with van der Waals surface area (Å²) in [5.74, 6) is -0.514. The van der Waals surface area contributed by atoms with E-state index in [4.69, 9.17) is 5.73 Å². The molecule has 1 aliphatic rings. The standard InChI is InChI=1S/C15H13F2N/c16-9-1-3-11-12-4-2-10(17)8-15(12)13(5-6-18)14(11)7-9/h1-4,7-8,13H,5-6,18H2. The predicted molar refractivity (Wildman–Crippen MR) is 67.3 cm³/mol. The molecule has 0 aromatic heterocycles. The van der Waals surface area contributed by atoms with E-state index < -0.39 is 0 Å². The summed E-state index contributed by atoms with van der Waals surface area (Å²) < 4.78 is 26.7. The van der Waals surface area contributed by atoms with Crippen LogP contribution in [0, 0.1) is 11.6 Å². The van der Waals surface area contributed by atoms with Crippen LogP contribution in [0.3, 0.4) is 0 Å². The van der Waals surface area contributed by atoms with Crippen LogP contribution in [0.5, 0.6) is 0 Å². The summed E-state index contributed by atoms with van der Waals surface area (Å²) in [5, 5.41) is 0. The lowest BCUT2D eigenvalue weighted by Gasteiger charge is -2.12. The minimum absolute atomic E-state index is 0.00593. The van der Waals surface area contributed by atoms with E-state index in [1.807, 2.05) is 0 Å². The van der Waals surface area contributed by atoms with Crippen LogP contribution in [0.15, 0.2) is 36.4 Å². The number of nitrogens with two attached hydrogens (primary N) is 1. The van der Waals surface area contributed by atoms with Gasteiger partial charge in [-0.3, -0.25) is 0 Å². The van der Waals surface area contributed by atoms with Gasteiger partial charge in [-0.15, -0.1) is 0 Å². The second-order valence-corrected chi connectivity index (χ2v) is 4.59. The van der Waals surface area contributed by atoms with Gasteiger partial charge in [-0.2, -0.15) is 0 Å². The van der Waals surface area contributed by atoms with Gasteiger partial charge in [-0.1, -0.05) is 12.1 Å². The van der Waals surface area contributed by atoms with Gasteiger partial charge in [0.1, 0.15) is 11.6 Å². The molecule has 0 spiro atoms. The zero-order chi connectivity index (χ0) is 12.7. The highest BCUT2D eigenvalue weighted by atomic mass is 19.1. The molecule has 0 bridgehead atoms. The summed E-state index contributed by atoms with van der Waals surface area (Å²) in [4.78, 5) is 0. The lowest BCUT2D eigenvalue weighted by molar-refractivity contribution is 0.618. The van der Waals surface area contributed by atoms with Crippen molar-refractivity contribution >= 4 is 0 Å². The summed E-state index contributed by atoms with van der Waals surface area (Å²) in [6, 6.07) is 9.48. The first-order valence-electron chi connectivity index (χ1n) is 6.00. The van der Waals surface area contributed by atoms with Gasteiger partial charge >= 0.3 is 0 Å². The van der Waals surface area contributed by atoms with E-state index in [2.05, 4.69) is 0 Å². The van der Waals surface area contributed by atoms with Gasteiger partial charge in [-0.25, -0.2) is 8.78 Å². The quantitative estimate of drug-likeness (QED) is 0.861. The molecule has 0 saturated heterocycles. The first-order chi connectivity index (χ1) is 8.70. The topological polar surface area (TPSA) is 26.0 Å². The lowest BCUT2D eigenvalue weighted by atomic mass is 9.93. The van der Waals surface area contributed by atoms with Crippen LogP contribution >= 0.6 is 0 Å². The highest BCUT2D eigenvalue weighted by molar-refractivity contribution is 5.78. The Kier molecular flexibility index (Phi) is 2.63. The Morgan fingerprint density at radius 2 is 1.39 bits per heavy atom. The normalized spacial score (nSPS) is 13.5. The molecule has 0 unspecified atom stereocenters. The molecule has 0 amide bonds. The Labute approximate surface area is 104 Å². The Balaban J connectivity index is 2.22. The molecule has 0 atom stereocenters. The van der Waals surface area contributed by atoms with Gasteiger partial charge in [-0.05, 0) is 59.5 Å². The van der Waals surface area contributed by atoms with E-state index in [1.54, 1.807) is 12.1 Å². The van der Waals surface area contributed by atoms with Crippen molar-refractivity contribution in [3.8, 4) is 11.1 Å². The summed E-state index contributed by atoms with van der Waals surface area (Å²) >= 11 is 0. The molecule has 92 valence electrons. The molecule has 1 aliphatic carbocycles. The monoisotopic (exact) mass is 245 g/mol. The fourth-order valence-corrected chi connectivity index (χ4v) is 2.78. The largest absolute Gasteiger partial charge is 0.330 e. The number of rotatable bonds is 2. The molecule has 0 heterocycles. The molecule has 1 nitrogen and oxygen atoms in total. The third-order valence-electron chi connectivity index (χ3n) is 3.52. The van der Waals surface area contributed by atoms with E-state index in [0.29, 0.717) is 13.0 Å². The van der Waals surface area contributed by atoms with Crippen LogP contribution in [0.25, 0.3) is 11.1 Å². The minimum Gasteiger partial charge on any atom is -0.330 e. The molecule has 2 aromatic rings. The Morgan fingerprint density at radius 3 is 1.83 bits per heavy atom. The highest BCUT2D eigenvalue weighted by Gasteiger charge is 2.28. The molecule has 2 aromatic carbocycles. The van der Waals surface area contributed by atoms with Crippen LogP contribution < -0.4 is 5.73 Å². The van der Waals surface area contributed by atoms with E-state index >= 15 is 0 Å². The van der Waals surface area contributed by atoms with E-state index in [1.165, 1.54) is 24.3 Å². The van der Waals surface area contributed by atoms with E-state index in [0.717, 1.165) is 22.3 Å². The van der Waals surface area contributed by atoms with Crippen LogP contribution in [-0.4, -0.2) is 6.54 Å². The van der Waals surface area contributed by atoms with Crippen molar-refractivity contribution < 1.29 is 8.78 Å². The van der Waals surface area contributed by atoms with Crippen molar-refractivity contribution in [1.29, 1.82) is 0 Å². The van der Waals surface area contributed by atoms with Crippen molar-refractivity contribution in [3.63, 3.8) is 0 Å². The Morgan fingerprint density at radius 1 is 0.889 bits per heavy atom. The summed E-state index contributed by atoms with van der Waals surface area (Å²) in [5.41, 5.74) is 9.43. The van der Waals surface area contributed by atoms with Crippen molar-refractivity contribution in [2.45, 2.75) is 12.3 Å². The average molecular weight is 245 g/mol. The molecule has 18 heavy (non-hydrogen) atoms. The zero-order valence-electron chi connectivity index (χ0n) is 9.79. The SMILES string of the molecule is NCCC1c2cc(F)ccc2-c2ccc(F)cc21. The van der Waals surface area contributed by atoms with Crippen molar-refractivity contribution in [1.82, 2.24) is 0 Å². The van der Waals surface area contributed by atoms with Gasteiger partial charge in [0.2, 0.25) is 0 Å². The maximum atomic E-state index is 13.4. The van der Waals surface area contributed by atoms with Crippen molar-refractivity contribution in [3.05, 3.63) is 59.2 Å². The molecule has 2 N–H and O–H groups in total. The number of benzene rings is 2. The van der Waals surface area contributed by atoms with Crippen molar-refractivity contribution in [2.75, 3.05) is 6.54 Å². The van der Waals surface area contributed by atoms with Gasteiger partial charge in [0, 0.05) is 5.92 Å². The van der Waals surface area contributed by atoms with Gasteiger partial charge in [0.15, 0.2) is 0 Å². The third-order valence-corrected chi connectivity index (χ3v) is 3.52. The molecule has 0 fully saturated rings. The Hall–Kier alpha value is -1.74. The van der Waals surface area contributed by atoms with Gasteiger partial charge in [0.05, 0.1) is 0 Å². The molecular formula is C15H13F2N. The van der Waals surface area contributed by atoms with Gasteiger partial charge < -0.3 is 5.73 Å². The Bertz CT molecular complexity index is 556. The maximum Gasteiger partial charge on any atom is 0.123 e. The smallest absolute Gasteiger partial charge is 0.123 e. The van der Waals surface area contributed by atoms with Crippen LogP contribution in [-0.2, 0) is 0 Å². The summed E-state index contributed by atoms with van der Waals surface area (Å²) in [6.45, 7) is 0.497. The first kappa shape index (κ1) is 11.4. The lowest BCUT2D eigenvalue weighted by Crippen LogP contribution is -2.06. The molecule has 0 aliphatic heterocycles. The van der Waals surface area contributed by atoms with Crippen LogP contribution in [0.1, 0.15) is 23.5 Å². The first-order valence-corrected chi connectivity index (χ1v) is 6.00. The van der Waals surface area contributed by atoms with E-state index in [-0.39, 0.29) is 17.6 Å². The number of hydrogen-bond donors (Lipinski definition) is 1. The van der Waals surface area contributed by atoms with Crippen LogP contribution in [0.2, 0.25) is 0 Å². The fraction of sp³-hybridized carbons (Fsp3) is 0.200. The third kappa shape index (κ3) is 1.63. The second-order valence-electron chi connectivity index (χ2n) is 4.59. The fourth-order valence-electron chi connectivity index (χ4n) is 2.78. The summed E-state index contributed by atoms with van der Waals surface area (Å²) in [6.07, 6.45) is 0.701. The number of halogens is 2. The molecular weight excluding hydrogens is 232 g/mol. The maximum absolute atomic E-state index is 13.4. The second kappa shape index (κ2) is 4.18. The zero-order valence-corrected chi connectivity index (χ0v) is 9.79. The molecule has 0 saturated carbocycles. The van der Waals surface area contributed by atoms with E-state index in [9.17, 15) is 8.78 Å². The molecule has 0 radical (unpaired) electrons.